The van der Waals surface area contributed by atoms with Crippen LogP contribution < -0.4 is 10.6 Å². The minimum atomic E-state index is -0.177. The average molecular weight is 465 g/mol. The molecule has 0 spiro atoms. The number of ether oxygens (including phenoxy) is 1. The van der Waals surface area contributed by atoms with Crippen molar-refractivity contribution < 1.29 is 14.3 Å². The lowest BCUT2D eigenvalue weighted by Gasteiger charge is -2.35. The van der Waals surface area contributed by atoms with Gasteiger partial charge in [-0.1, -0.05) is 24.8 Å². The molecule has 0 saturated carbocycles. The molecule has 9 nitrogen and oxygen atoms in total. The van der Waals surface area contributed by atoms with E-state index in [9.17, 15) is 9.59 Å². The highest BCUT2D eigenvalue weighted by Crippen LogP contribution is 2.25. The quantitative estimate of drug-likeness (QED) is 0.664. The molecule has 3 heterocycles. The number of carbonyl (C=O) groups excluding carboxylic acids is 2. The van der Waals surface area contributed by atoms with Gasteiger partial charge in [0, 0.05) is 50.1 Å². The Balaban J connectivity index is 1.36. The average Bonchev–Trinajstić information content (AvgIpc) is 2.91. The van der Waals surface area contributed by atoms with Gasteiger partial charge in [0.25, 0.3) is 0 Å². The topological polar surface area (TPSA) is 105 Å². The van der Waals surface area contributed by atoms with Gasteiger partial charge in [0.05, 0.1) is 26.3 Å². The second kappa shape index (κ2) is 11.2. The van der Waals surface area contributed by atoms with E-state index in [2.05, 4.69) is 21.4 Å². The van der Waals surface area contributed by atoms with Crippen LogP contribution in [0.3, 0.4) is 0 Å². The molecule has 34 heavy (non-hydrogen) atoms. The molecule has 2 saturated heterocycles. The Kier molecular flexibility index (Phi) is 7.87. The fourth-order valence-corrected chi connectivity index (χ4v) is 4.42. The summed E-state index contributed by atoms with van der Waals surface area (Å²) in [5.41, 5.74) is 8.32. The predicted molar refractivity (Wildman–Crippen MR) is 130 cm³/mol. The number of aromatic nitrogens is 2. The highest BCUT2D eigenvalue weighted by molar-refractivity contribution is 5.79. The van der Waals surface area contributed by atoms with Crippen molar-refractivity contribution in [1.29, 1.82) is 0 Å². The molecule has 1 aromatic carbocycles. The zero-order valence-electron chi connectivity index (χ0n) is 19.4. The predicted octanol–water partition coefficient (Wildman–Crippen LogP) is 1.65. The molecule has 2 N–H and O–H groups in total. The van der Waals surface area contributed by atoms with Crippen LogP contribution in [-0.2, 0) is 20.9 Å². The van der Waals surface area contributed by atoms with Crippen molar-refractivity contribution in [1.82, 2.24) is 19.8 Å². The van der Waals surface area contributed by atoms with Gasteiger partial charge in [0.15, 0.2) is 0 Å². The van der Waals surface area contributed by atoms with Crippen molar-refractivity contribution >= 4 is 17.8 Å². The maximum atomic E-state index is 12.8. The third kappa shape index (κ3) is 5.60. The van der Waals surface area contributed by atoms with Crippen LogP contribution in [0.4, 0.5) is 5.95 Å². The van der Waals surface area contributed by atoms with Gasteiger partial charge in [-0.25, -0.2) is 9.97 Å². The molecule has 1 aromatic heterocycles. The van der Waals surface area contributed by atoms with E-state index in [1.807, 2.05) is 41.6 Å². The van der Waals surface area contributed by atoms with Crippen molar-refractivity contribution in [3.05, 3.63) is 55.0 Å². The second-order valence-electron chi connectivity index (χ2n) is 8.58. The van der Waals surface area contributed by atoms with Crippen molar-refractivity contribution in [2.24, 2.45) is 11.7 Å². The summed E-state index contributed by atoms with van der Waals surface area (Å²) in [5, 5.41) is 0. The lowest BCUT2D eigenvalue weighted by molar-refractivity contribution is -0.140. The number of piperidine rings is 1. The molecule has 2 amide bonds. The number of rotatable bonds is 7. The summed E-state index contributed by atoms with van der Waals surface area (Å²) in [6.07, 6.45) is 6.76. The summed E-state index contributed by atoms with van der Waals surface area (Å²) in [6, 6.07) is 7.92. The first-order valence-electron chi connectivity index (χ1n) is 11.7. The minimum absolute atomic E-state index is 0.0559. The molecule has 2 aliphatic rings. The molecule has 0 aliphatic carbocycles. The van der Waals surface area contributed by atoms with Crippen molar-refractivity contribution in [2.45, 2.75) is 19.4 Å². The van der Waals surface area contributed by atoms with E-state index in [0.717, 1.165) is 42.6 Å². The van der Waals surface area contributed by atoms with E-state index in [4.69, 9.17) is 10.5 Å². The van der Waals surface area contributed by atoms with Crippen molar-refractivity contribution in [2.75, 3.05) is 50.8 Å². The maximum Gasteiger partial charge on any atom is 0.240 e. The fourth-order valence-electron chi connectivity index (χ4n) is 4.42. The third-order valence-corrected chi connectivity index (χ3v) is 6.42. The zero-order chi connectivity index (χ0) is 23.9. The van der Waals surface area contributed by atoms with Gasteiger partial charge in [-0.15, -0.1) is 0 Å². The van der Waals surface area contributed by atoms with Crippen LogP contribution in [-0.4, -0.2) is 77.5 Å². The van der Waals surface area contributed by atoms with E-state index < -0.39 is 0 Å². The molecule has 0 unspecified atom stereocenters. The fraction of sp³-hybridized carbons (Fsp3) is 0.440. The van der Waals surface area contributed by atoms with Gasteiger partial charge < -0.3 is 25.2 Å². The Bertz CT molecular complexity index is 998. The number of nitrogens with two attached hydrogens (primary N) is 1. The molecular formula is C25H32N6O3. The Morgan fingerprint density at radius 2 is 1.82 bits per heavy atom. The van der Waals surface area contributed by atoms with Crippen LogP contribution in [0.25, 0.3) is 11.1 Å². The maximum absolute atomic E-state index is 12.8. The molecule has 2 aromatic rings. The van der Waals surface area contributed by atoms with Crippen LogP contribution in [0.1, 0.15) is 18.4 Å². The summed E-state index contributed by atoms with van der Waals surface area (Å²) in [5.74, 6) is 0.826. The van der Waals surface area contributed by atoms with Crippen LogP contribution >= 0.6 is 0 Å². The molecule has 2 aliphatic heterocycles. The van der Waals surface area contributed by atoms with E-state index in [0.29, 0.717) is 38.8 Å². The highest BCUT2D eigenvalue weighted by Gasteiger charge is 2.30. The Morgan fingerprint density at radius 1 is 1.12 bits per heavy atom. The Labute approximate surface area is 200 Å². The van der Waals surface area contributed by atoms with Crippen molar-refractivity contribution in [3.8, 4) is 11.1 Å². The van der Waals surface area contributed by atoms with E-state index in [1.165, 1.54) is 11.1 Å². The first kappa shape index (κ1) is 23.8. The first-order chi connectivity index (χ1) is 16.6. The molecule has 0 radical (unpaired) electrons. The zero-order valence-corrected chi connectivity index (χ0v) is 19.4. The van der Waals surface area contributed by atoms with E-state index in [1.54, 1.807) is 0 Å². The minimum Gasteiger partial charge on any atom is -0.378 e. The molecular weight excluding hydrogens is 432 g/mol. The number of hydrogen-bond acceptors (Lipinski definition) is 7. The van der Waals surface area contributed by atoms with Gasteiger partial charge in [0.1, 0.15) is 0 Å². The number of hydrogen-bond donors (Lipinski definition) is 1. The number of morpholine rings is 1. The van der Waals surface area contributed by atoms with Crippen LogP contribution in [0.5, 0.6) is 0 Å². The normalized spacial score (nSPS) is 16.9. The van der Waals surface area contributed by atoms with Gasteiger partial charge in [-0.3, -0.25) is 9.59 Å². The monoisotopic (exact) mass is 464 g/mol. The summed E-state index contributed by atoms with van der Waals surface area (Å²) in [7, 11) is 0. The summed E-state index contributed by atoms with van der Waals surface area (Å²) < 4.78 is 5.35. The number of nitrogens with zero attached hydrogens (tertiary/aromatic N) is 5. The molecule has 180 valence electrons. The van der Waals surface area contributed by atoms with Crippen molar-refractivity contribution in [3.63, 3.8) is 0 Å². The first-order valence-corrected chi connectivity index (χ1v) is 11.7. The number of amides is 2. The second-order valence-corrected chi connectivity index (χ2v) is 8.58. The van der Waals surface area contributed by atoms with Crippen LogP contribution in [0.15, 0.2) is 49.4 Å². The summed E-state index contributed by atoms with van der Waals surface area (Å²) >= 11 is 0. The van der Waals surface area contributed by atoms with Gasteiger partial charge in [-0.2, -0.15) is 0 Å². The summed E-state index contributed by atoms with van der Waals surface area (Å²) in [6.45, 7) is 8.23. The summed E-state index contributed by atoms with van der Waals surface area (Å²) in [4.78, 5) is 39.4. The number of benzene rings is 1. The third-order valence-electron chi connectivity index (χ3n) is 6.42. The van der Waals surface area contributed by atoms with Gasteiger partial charge in [-0.05, 0) is 36.2 Å². The smallest absolute Gasteiger partial charge is 0.240 e. The molecule has 0 bridgehead atoms. The largest absolute Gasteiger partial charge is 0.378 e. The molecule has 4 rings (SSSR count). The molecule has 9 heteroatoms. The Morgan fingerprint density at radius 3 is 2.47 bits per heavy atom. The molecule has 0 atom stereocenters. The van der Waals surface area contributed by atoms with Gasteiger partial charge >= 0.3 is 0 Å². The highest BCUT2D eigenvalue weighted by atomic mass is 16.5. The van der Waals surface area contributed by atoms with E-state index >= 15 is 0 Å². The van der Waals surface area contributed by atoms with Crippen LogP contribution in [0.2, 0.25) is 0 Å². The van der Waals surface area contributed by atoms with E-state index in [-0.39, 0.29) is 24.3 Å². The Hall–Kier alpha value is -3.30. The van der Waals surface area contributed by atoms with Crippen LogP contribution in [0, 0.1) is 5.92 Å². The van der Waals surface area contributed by atoms with Gasteiger partial charge in [0.2, 0.25) is 17.8 Å². The number of carbonyl (C=O) groups is 2. The lowest BCUT2D eigenvalue weighted by Crippen LogP contribution is -2.47. The number of anilines is 1. The lowest BCUT2D eigenvalue weighted by atomic mass is 9.95. The molecule has 2 fully saturated rings. The standard InChI is InChI=1S/C25H32N6O3/c1-2-29(23(32)15-26)18-19-4-3-5-21(14-19)22-16-27-25(28-17-22)31-8-6-20(7-9-31)24(33)30-10-12-34-13-11-30/h2-5,14,16-17,20H,1,6-13,15,18,26H2. The SMILES string of the molecule is C=CN(Cc1cccc(-c2cnc(N3CCC(C(=O)N4CCOCC4)CC3)nc2)c1)C(=O)CN.